The predicted molar refractivity (Wildman–Crippen MR) is 70.5 cm³/mol. The second kappa shape index (κ2) is 6.97. The van der Waals surface area contributed by atoms with Gasteiger partial charge in [-0.25, -0.2) is 0 Å². The zero-order valence-corrected chi connectivity index (χ0v) is 10.8. The van der Waals surface area contributed by atoms with Gasteiger partial charge in [-0.3, -0.25) is 4.79 Å². The third-order valence-electron chi connectivity index (χ3n) is 2.92. The fourth-order valence-electron chi connectivity index (χ4n) is 2.08. The van der Waals surface area contributed by atoms with Gasteiger partial charge in [0, 0.05) is 11.3 Å². The molecule has 0 aromatic rings. The highest BCUT2D eigenvalue weighted by atomic mass is 32.2. The molecule has 0 aliphatic heterocycles. The van der Waals surface area contributed by atoms with Crippen molar-refractivity contribution in [3.8, 4) is 0 Å². The van der Waals surface area contributed by atoms with Gasteiger partial charge in [0.1, 0.15) is 0 Å². The molecule has 0 radical (unpaired) electrons. The van der Waals surface area contributed by atoms with Crippen LogP contribution in [-0.4, -0.2) is 29.0 Å². The van der Waals surface area contributed by atoms with E-state index >= 15 is 0 Å². The van der Waals surface area contributed by atoms with Crippen LogP contribution in [0.1, 0.15) is 32.6 Å². The van der Waals surface area contributed by atoms with Crippen LogP contribution in [0.5, 0.6) is 0 Å². The summed E-state index contributed by atoms with van der Waals surface area (Å²) in [4.78, 5) is 11.7. The summed E-state index contributed by atoms with van der Waals surface area (Å²) >= 11 is 1.94. The van der Waals surface area contributed by atoms with Crippen LogP contribution in [0.25, 0.3) is 0 Å². The van der Waals surface area contributed by atoms with Crippen molar-refractivity contribution in [1.29, 1.82) is 0 Å². The first-order valence-electron chi connectivity index (χ1n) is 5.97. The average molecular weight is 242 g/mol. The molecule has 4 heteroatoms. The molecule has 0 spiro atoms. The van der Waals surface area contributed by atoms with Crippen LogP contribution in [0.3, 0.4) is 0 Å². The molecule has 3 nitrogen and oxygen atoms in total. The lowest BCUT2D eigenvalue weighted by Gasteiger charge is -2.21. The zero-order valence-electron chi connectivity index (χ0n) is 9.95. The Balaban J connectivity index is 2.40. The van der Waals surface area contributed by atoms with Crippen molar-refractivity contribution in [2.75, 3.05) is 5.75 Å². The van der Waals surface area contributed by atoms with E-state index in [-0.39, 0.29) is 5.91 Å². The third kappa shape index (κ3) is 3.83. The van der Waals surface area contributed by atoms with E-state index in [1.54, 1.807) is 6.08 Å². The smallest absolute Gasteiger partial charge is 0.237 e. The Morgan fingerprint density at radius 1 is 1.69 bits per heavy atom. The summed E-state index contributed by atoms with van der Waals surface area (Å²) in [6.07, 6.45) is 5.74. The molecule has 3 N–H and O–H groups in total. The van der Waals surface area contributed by atoms with Gasteiger partial charge in [0.2, 0.25) is 5.91 Å². The SMILES string of the molecule is C=CCC(N)C(=O)NC1CCCC1SCC. The minimum absolute atomic E-state index is 0.0338. The Kier molecular flexibility index (Phi) is 5.91. The molecule has 1 aliphatic carbocycles. The second-order valence-corrected chi connectivity index (χ2v) is 5.69. The largest absolute Gasteiger partial charge is 0.351 e. The van der Waals surface area contributed by atoms with E-state index in [1.165, 1.54) is 12.8 Å². The normalized spacial score (nSPS) is 26.4. The van der Waals surface area contributed by atoms with Gasteiger partial charge in [-0.15, -0.1) is 6.58 Å². The highest BCUT2D eigenvalue weighted by molar-refractivity contribution is 7.99. The van der Waals surface area contributed by atoms with Crippen LogP contribution in [0.2, 0.25) is 0 Å². The van der Waals surface area contributed by atoms with Gasteiger partial charge in [0.15, 0.2) is 0 Å². The van der Waals surface area contributed by atoms with E-state index in [0.29, 0.717) is 17.7 Å². The molecule has 92 valence electrons. The Bertz CT molecular complexity index is 245. The summed E-state index contributed by atoms with van der Waals surface area (Å²) in [5, 5.41) is 3.64. The van der Waals surface area contributed by atoms with Gasteiger partial charge in [0.25, 0.3) is 0 Å². The fraction of sp³-hybridized carbons (Fsp3) is 0.750. The Morgan fingerprint density at radius 2 is 2.44 bits per heavy atom. The summed E-state index contributed by atoms with van der Waals surface area (Å²) in [6, 6.07) is -0.126. The predicted octanol–water partition coefficient (Wildman–Crippen LogP) is 1.68. The van der Waals surface area contributed by atoms with Crippen molar-refractivity contribution in [2.45, 2.75) is 49.9 Å². The topological polar surface area (TPSA) is 55.1 Å². The summed E-state index contributed by atoms with van der Waals surface area (Å²) < 4.78 is 0. The first-order valence-corrected chi connectivity index (χ1v) is 7.02. The molecule has 0 heterocycles. The molecule has 1 fully saturated rings. The van der Waals surface area contributed by atoms with E-state index < -0.39 is 6.04 Å². The lowest BCUT2D eigenvalue weighted by atomic mass is 10.1. The van der Waals surface area contributed by atoms with Crippen molar-refractivity contribution >= 4 is 17.7 Å². The molecule has 0 saturated heterocycles. The Morgan fingerprint density at radius 3 is 3.06 bits per heavy atom. The lowest BCUT2D eigenvalue weighted by Crippen LogP contribution is -2.47. The molecule has 16 heavy (non-hydrogen) atoms. The van der Waals surface area contributed by atoms with Crippen molar-refractivity contribution < 1.29 is 4.79 Å². The number of hydrogen-bond acceptors (Lipinski definition) is 3. The molecular formula is C12H22N2OS. The van der Waals surface area contributed by atoms with Crippen LogP contribution in [0.15, 0.2) is 12.7 Å². The summed E-state index contributed by atoms with van der Waals surface area (Å²) in [7, 11) is 0. The van der Waals surface area contributed by atoms with Crippen LogP contribution in [0, 0.1) is 0 Å². The van der Waals surface area contributed by atoms with Gasteiger partial charge < -0.3 is 11.1 Å². The number of hydrogen-bond donors (Lipinski definition) is 2. The minimum atomic E-state index is -0.439. The highest BCUT2D eigenvalue weighted by Gasteiger charge is 2.29. The molecule has 3 unspecified atom stereocenters. The molecule has 1 saturated carbocycles. The fourth-order valence-corrected chi connectivity index (χ4v) is 3.28. The van der Waals surface area contributed by atoms with Gasteiger partial charge in [0.05, 0.1) is 6.04 Å². The van der Waals surface area contributed by atoms with Gasteiger partial charge in [-0.05, 0) is 25.0 Å². The number of carbonyl (C=O) groups is 1. The first-order chi connectivity index (χ1) is 7.69. The van der Waals surface area contributed by atoms with Crippen LogP contribution in [-0.2, 0) is 4.79 Å². The van der Waals surface area contributed by atoms with Crippen LogP contribution >= 0.6 is 11.8 Å². The Hall–Kier alpha value is -0.480. The molecule has 1 amide bonds. The molecule has 1 aliphatic rings. The Labute approximate surface area is 102 Å². The molecule has 1 rings (SSSR count). The lowest BCUT2D eigenvalue weighted by molar-refractivity contribution is -0.122. The zero-order chi connectivity index (χ0) is 12.0. The number of thioether (sulfide) groups is 1. The van der Waals surface area contributed by atoms with E-state index in [1.807, 2.05) is 11.8 Å². The maximum Gasteiger partial charge on any atom is 0.237 e. The maximum atomic E-state index is 11.7. The monoisotopic (exact) mass is 242 g/mol. The molecule has 0 aromatic carbocycles. The van der Waals surface area contributed by atoms with Crippen LogP contribution < -0.4 is 11.1 Å². The van der Waals surface area contributed by atoms with Crippen LogP contribution in [0.4, 0.5) is 0 Å². The standard InChI is InChI=1S/C12H22N2OS/c1-3-6-9(13)12(15)14-10-7-5-8-11(10)16-4-2/h3,9-11H,1,4-8,13H2,2H3,(H,14,15). The van der Waals surface area contributed by atoms with Crippen molar-refractivity contribution in [2.24, 2.45) is 5.73 Å². The summed E-state index contributed by atoms with van der Waals surface area (Å²) in [5.74, 6) is 1.07. The maximum absolute atomic E-state index is 11.7. The molecule has 3 atom stereocenters. The average Bonchev–Trinajstić information content (AvgIpc) is 2.67. The number of nitrogens with one attached hydrogen (secondary N) is 1. The van der Waals surface area contributed by atoms with Crippen molar-refractivity contribution in [3.63, 3.8) is 0 Å². The van der Waals surface area contributed by atoms with Crippen molar-refractivity contribution in [1.82, 2.24) is 5.32 Å². The van der Waals surface area contributed by atoms with E-state index in [0.717, 1.165) is 12.2 Å². The molecule has 0 bridgehead atoms. The summed E-state index contributed by atoms with van der Waals surface area (Å²) in [5.41, 5.74) is 5.74. The quantitative estimate of drug-likeness (QED) is 0.697. The van der Waals surface area contributed by atoms with E-state index in [4.69, 9.17) is 5.73 Å². The van der Waals surface area contributed by atoms with E-state index in [2.05, 4.69) is 18.8 Å². The summed E-state index contributed by atoms with van der Waals surface area (Å²) in [6.45, 7) is 5.75. The first kappa shape index (κ1) is 13.6. The molecular weight excluding hydrogens is 220 g/mol. The van der Waals surface area contributed by atoms with Crippen molar-refractivity contribution in [3.05, 3.63) is 12.7 Å². The highest BCUT2D eigenvalue weighted by Crippen LogP contribution is 2.29. The number of nitrogens with two attached hydrogens (primary N) is 1. The second-order valence-electron chi connectivity index (χ2n) is 4.17. The van der Waals surface area contributed by atoms with Gasteiger partial charge >= 0.3 is 0 Å². The number of rotatable bonds is 6. The number of carbonyl (C=O) groups excluding carboxylic acids is 1. The third-order valence-corrected chi connectivity index (χ3v) is 4.24. The minimum Gasteiger partial charge on any atom is -0.351 e. The number of amides is 1. The molecule has 0 aromatic heterocycles. The van der Waals surface area contributed by atoms with Gasteiger partial charge in [-0.1, -0.05) is 19.4 Å². The van der Waals surface area contributed by atoms with E-state index in [9.17, 15) is 4.79 Å². The van der Waals surface area contributed by atoms with Gasteiger partial charge in [-0.2, -0.15) is 11.8 Å².